The summed E-state index contributed by atoms with van der Waals surface area (Å²) in [6, 6.07) is 9.19. The smallest absolute Gasteiger partial charge is 0.169 e. The molecule has 0 fully saturated rings. The van der Waals surface area contributed by atoms with E-state index >= 15 is 0 Å². The van der Waals surface area contributed by atoms with E-state index in [0.29, 0.717) is 0 Å². The van der Waals surface area contributed by atoms with E-state index < -0.39 is 0 Å². The van der Waals surface area contributed by atoms with Crippen molar-refractivity contribution in [1.29, 1.82) is 0 Å². The fourth-order valence-electron chi connectivity index (χ4n) is 10.7. The lowest BCUT2D eigenvalue weighted by Gasteiger charge is -2.23. The molecule has 446 valence electrons. The largest absolute Gasteiger partial charge is 1.00 e. The van der Waals surface area contributed by atoms with Crippen LogP contribution in [-0.2, 0) is 13.1 Å². The number of nitrogens with zero attached hydrogens (tertiary/aromatic N) is 3. The third-order valence-corrected chi connectivity index (χ3v) is 15.8. The molecule has 9 heteroatoms. The molecule has 2 N–H and O–H groups in total. The normalized spacial score (nSPS) is 12.1. The first-order chi connectivity index (χ1) is 35.7. The standard InChI is InChI=1S/C67H123N5.4BrH/c1-5-9-13-17-21-25-29-33-37-42-53-69(57-46-41-47-66-48-58-70(59-49-66)54-43-38-34-30-26-22-18-14-10-6-2)63-64-72(56-45-40-36-32-28-24-20-16-12-8-4)62-52-68-65-67-50-60-71(61-51-67)55-44-39-35-31-27-23-19-15-11-7-3;;;;/h41,47-51,58-61,65H,5-40,42-46,52-57,62-64H2,1-4H3;4*1H/q+2;;;;/p-2/b47-41-,68-65?;;;;. The molecule has 0 aliphatic carbocycles. The van der Waals surface area contributed by atoms with Gasteiger partial charge in [-0.05, 0) is 44.1 Å². The molecule has 76 heavy (non-hydrogen) atoms. The molecule has 0 aromatic carbocycles. The highest BCUT2D eigenvalue weighted by Crippen LogP contribution is 2.14. The van der Waals surface area contributed by atoms with Crippen molar-refractivity contribution in [3.8, 4) is 0 Å². The highest BCUT2D eigenvalue weighted by Gasteiger charge is 2.15. The van der Waals surface area contributed by atoms with Gasteiger partial charge in [-0.2, -0.15) is 0 Å². The lowest BCUT2D eigenvalue weighted by molar-refractivity contribution is -0.957. The van der Waals surface area contributed by atoms with Gasteiger partial charge in [0, 0.05) is 55.3 Å². The van der Waals surface area contributed by atoms with Crippen LogP contribution in [0.4, 0.5) is 0 Å². The van der Waals surface area contributed by atoms with Crippen LogP contribution in [-0.4, -0.2) is 52.0 Å². The van der Waals surface area contributed by atoms with Gasteiger partial charge in [0.05, 0.1) is 32.7 Å². The third kappa shape index (κ3) is 51.7. The lowest BCUT2D eigenvalue weighted by atomic mass is 10.1. The Hall–Kier alpha value is -0.450. The number of hydrogen-bond donors (Lipinski definition) is 2. The van der Waals surface area contributed by atoms with Gasteiger partial charge in [-0.1, -0.05) is 245 Å². The summed E-state index contributed by atoms with van der Waals surface area (Å²) < 4.78 is 4.77. The first kappa shape index (κ1) is 79.8. The van der Waals surface area contributed by atoms with Crippen LogP contribution < -0.4 is 86.9 Å². The van der Waals surface area contributed by atoms with Crippen LogP contribution in [0.25, 0.3) is 6.08 Å². The Bertz CT molecular complexity index is 1350. The summed E-state index contributed by atoms with van der Waals surface area (Å²) in [7, 11) is 0. The molecule has 5 nitrogen and oxygen atoms in total. The molecular weight excluding hydrogens is 1190 g/mol. The summed E-state index contributed by atoms with van der Waals surface area (Å²) >= 11 is 0. The Balaban J connectivity index is -0.0000133. The van der Waals surface area contributed by atoms with E-state index in [9.17, 15) is 0 Å². The van der Waals surface area contributed by atoms with Gasteiger partial charge in [-0.3, -0.25) is 4.99 Å². The van der Waals surface area contributed by atoms with E-state index in [1.54, 1.807) is 4.90 Å². The number of rotatable bonds is 55. The second-order valence-corrected chi connectivity index (χ2v) is 22.7. The van der Waals surface area contributed by atoms with Crippen molar-refractivity contribution in [2.75, 3.05) is 45.8 Å². The summed E-state index contributed by atoms with van der Waals surface area (Å²) in [5.74, 6) is 0. The Labute approximate surface area is 516 Å². The van der Waals surface area contributed by atoms with Crippen molar-refractivity contribution in [3.63, 3.8) is 0 Å². The molecule has 2 aromatic heterocycles. The molecule has 0 aliphatic rings. The first-order valence-electron chi connectivity index (χ1n) is 32.5. The van der Waals surface area contributed by atoms with Crippen LogP contribution in [0.3, 0.4) is 0 Å². The van der Waals surface area contributed by atoms with E-state index in [0.717, 1.165) is 32.6 Å². The molecule has 0 saturated carbocycles. The fraction of sp³-hybridized carbons (Fsp3) is 0.806. The monoisotopic (exact) mass is 1320 g/mol. The Kier molecular flexibility index (Phi) is 66.9. The number of aryl methyl sites for hydroxylation is 2. The molecule has 2 atom stereocenters. The number of quaternary nitrogens is 2. The molecule has 0 saturated heterocycles. The zero-order valence-electron chi connectivity index (χ0n) is 50.6. The minimum atomic E-state index is 0. The zero-order valence-corrected chi connectivity index (χ0v) is 56.9. The number of unbranched alkanes of at least 4 members (excludes halogenated alkanes) is 36. The van der Waals surface area contributed by atoms with E-state index in [1.165, 1.54) is 301 Å². The second kappa shape index (κ2) is 63.7. The summed E-state index contributed by atoms with van der Waals surface area (Å²) in [5.41, 5.74) is 2.59. The SMILES string of the molecule is CCCCCCCCCCCC[n+]1ccc(C=NCC[NH+](CCCCCCCCCCCC)CC[NH+](CC/C=C\c2cc[n+](CCCCCCCCCCCC)cc2)CCCCCCCCCCCC)cc1.[Br-].[Br-].[Br-].[Br-]. The summed E-state index contributed by atoms with van der Waals surface area (Å²) in [5, 5.41) is 0. The molecule has 2 heterocycles. The molecule has 0 spiro atoms. The van der Waals surface area contributed by atoms with Gasteiger partial charge < -0.3 is 77.7 Å². The van der Waals surface area contributed by atoms with Crippen LogP contribution >= 0.6 is 0 Å². The van der Waals surface area contributed by atoms with Crippen molar-refractivity contribution in [2.45, 2.75) is 304 Å². The van der Waals surface area contributed by atoms with Crippen LogP contribution in [0.1, 0.15) is 302 Å². The van der Waals surface area contributed by atoms with Crippen molar-refractivity contribution >= 4 is 12.3 Å². The molecular formula is C67H125Br4N5. The molecule has 2 unspecified atom stereocenters. The minimum Gasteiger partial charge on any atom is -1.00 e. The summed E-state index contributed by atoms with van der Waals surface area (Å²) in [6.07, 6.45) is 73.5. The van der Waals surface area contributed by atoms with Gasteiger partial charge >= 0.3 is 0 Å². The van der Waals surface area contributed by atoms with Crippen LogP contribution in [0, 0.1) is 0 Å². The van der Waals surface area contributed by atoms with Gasteiger partial charge in [0.2, 0.25) is 0 Å². The van der Waals surface area contributed by atoms with E-state index in [4.69, 9.17) is 4.99 Å². The van der Waals surface area contributed by atoms with Crippen molar-refractivity contribution in [2.24, 2.45) is 4.99 Å². The second-order valence-electron chi connectivity index (χ2n) is 22.7. The van der Waals surface area contributed by atoms with Gasteiger partial charge in [0.15, 0.2) is 24.8 Å². The molecule has 2 aromatic rings. The molecule has 0 bridgehead atoms. The van der Waals surface area contributed by atoms with Crippen LogP contribution in [0.15, 0.2) is 60.1 Å². The number of pyridine rings is 2. The predicted octanol–water partition coefficient (Wildman–Crippen LogP) is 4.25. The van der Waals surface area contributed by atoms with E-state index in [1.807, 2.05) is 4.90 Å². The lowest BCUT2D eigenvalue weighted by Crippen LogP contribution is -3.20. The number of halogens is 4. The number of aromatic nitrogens is 2. The fourth-order valence-corrected chi connectivity index (χ4v) is 10.7. The Morgan fingerprint density at radius 2 is 0.618 bits per heavy atom. The molecule has 0 aliphatic heterocycles. The first-order valence-corrected chi connectivity index (χ1v) is 32.5. The summed E-state index contributed by atoms with van der Waals surface area (Å²) in [4.78, 5) is 8.63. The number of aliphatic imine (C=N–C) groups is 1. The number of nitrogens with one attached hydrogen (secondary N) is 2. The van der Waals surface area contributed by atoms with Crippen LogP contribution in [0.2, 0.25) is 0 Å². The van der Waals surface area contributed by atoms with Crippen LogP contribution in [0.5, 0.6) is 0 Å². The third-order valence-electron chi connectivity index (χ3n) is 15.8. The average Bonchev–Trinajstić information content (AvgIpc) is 3.40. The van der Waals surface area contributed by atoms with E-state index in [2.05, 4.69) is 104 Å². The topological polar surface area (TPSA) is 29.0 Å². The van der Waals surface area contributed by atoms with Gasteiger partial charge in [0.25, 0.3) is 0 Å². The average molecular weight is 1320 g/mol. The maximum absolute atomic E-state index is 5.03. The van der Waals surface area contributed by atoms with Gasteiger partial charge in [0.1, 0.15) is 26.2 Å². The minimum absolute atomic E-state index is 0. The van der Waals surface area contributed by atoms with E-state index in [-0.39, 0.29) is 67.9 Å². The summed E-state index contributed by atoms with van der Waals surface area (Å²) in [6.45, 7) is 20.0. The van der Waals surface area contributed by atoms with Crippen molar-refractivity contribution < 1.29 is 86.9 Å². The maximum Gasteiger partial charge on any atom is 0.169 e. The molecule has 0 radical (unpaired) electrons. The highest BCUT2D eigenvalue weighted by molar-refractivity contribution is 5.78. The van der Waals surface area contributed by atoms with Crippen molar-refractivity contribution in [1.82, 2.24) is 0 Å². The van der Waals surface area contributed by atoms with Crippen molar-refractivity contribution in [3.05, 3.63) is 66.3 Å². The quantitative estimate of drug-likeness (QED) is 0.0565. The Morgan fingerprint density at radius 3 is 0.961 bits per heavy atom. The predicted molar refractivity (Wildman–Crippen MR) is 318 cm³/mol. The Morgan fingerprint density at radius 1 is 0.329 bits per heavy atom. The molecule has 0 amide bonds. The molecule has 2 rings (SSSR count). The van der Waals surface area contributed by atoms with Gasteiger partial charge in [-0.15, -0.1) is 0 Å². The highest BCUT2D eigenvalue weighted by atomic mass is 79.9. The number of hydrogen-bond acceptors (Lipinski definition) is 1. The maximum atomic E-state index is 5.03. The zero-order chi connectivity index (χ0) is 51.3. The van der Waals surface area contributed by atoms with Gasteiger partial charge in [-0.25, -0.2) is 9.13 Å².